The summed E-state index contributed by atoms with van der Waals surface area (Å²) in [6.07, 6.45) is 6.01. The van der Waals surface area contributed by atoms with Crippen LogP contribution in [0.25, 0.3) is 17.1 Å². The van der Waals surface area contributed by atoms with Crippen LogP contribution in [0.2, 0.25) is 0 Å². The summed E-state index contributed by atoms with van der Waals surface area (Å²) < 4.78 is 11.2. The van der Waals surface area contributed by atoms with Crippen molar-refractivity contribution in [2.45, 2.75) is 26.3 Å². The summed E-state index contributed by atoms with van der Waals surface area (Å²) in [7, 11) is 4.45. The number of aryl methyl sites for hydroxylation is 3. The van der Waals surface area contributed by atoms with Gasteiger partial charge in [0.1, 0.15) is 11.7 Å². The summed E-state index contributed by atoms with van der Waals surface area (Å²) in [5.74, 6) is -0.178. The highest BCUT2D eigenvalue weighted by atomic mass is 31.0. The van der Waals surface area contributed by atoms with Crippen molar-refractivity contribution >= 4 is 20.8 Å². The number of aromatic nitrogens is 8. The first-order chi connectivity index (χ1) is 16.4. The molecule has 0 spiro atoms. The van der Waals surface area contributed by atoms with Gasteiger partial charge in [-0.05, 0) is 46.5 Å². The lowest BCUT2D eigenvalue weighted by atomic mass is 9.99. The molecule has 1 amide bonds. The molecule has 0 aromatic carbocycles. The van der Waals surface area contributed by atoms with Crippen molar-refractivity contribution < 1.29 is 9.21 Å². The Morgan fingerprint density at radius 3 is 2.85 bits per heavy atom. The number of rotatable bonds is 3. The van der Waals surface area contributed by atoms with Crippen LogP contribution in [-0.2, 0) is 13.5 Å². The van der Waals surface area contributed by atoms with Gasteiger partial charge in [0.25, 0.3) is 5.89 Å². The lowest BCUT2D eigenvalue weighted by Crippen LogP contribution is -2.41. The second kappa shape index (κ2) is 7.59. The van der Waals surface area contributed by atoms with Gasteiger partial charge in [-0.3, -0.25) is 9.48 Å². The van der Waals surface area contributed by atoms with E-state index in [-0.39, 0.29) is 17.7 Å². The SMILES string of the molecule is Cc1cnn(C)c1-c1nnc(C(=O)N2CCc3c(ncn3P)[C@H]2c2cc3c(C)cccn3n2)o1. The molecule has 0 saturated carbocycles. The molecule has 2 atom stereocenters. The van der Waals surface area contributed by atoms with Gasteiger partial charge in [-0.15, -0.1) is 10.2 Å². The van der Waals surface area contributed by atoms with E-state index in [2.05, 4.69) is 29.7 Å². The zero-order valence-electron chi connectivity index (χ0n) is 18.9. The van der Waals surface area contributed by atoms with Gasteiger partial charge in [0.05, 0.1) is 29.4 Å². The summed E-state index contributed by atoms with van der Waals surface area (Å²) in [6, 6.07) is 5.52. The second-order valence-electron chi connectivity index (χ2n) is 8.44. The number of carbonyl (C=O) groups excluding carboxylic acids is 1. The van der Waals surface area contributed by atoms with Gasteiger partial charge < -0.3 is 13.7 Å². The molecule has 172 valence electrons. The molecular weight excluding hydrogens is 453 g/mol. The van der Waals surface area contributed by atoms with Crippen LogP contribution in [0.15, 0.2) is 41.3 Å². The fourth-order valence-electron chi connectivity index (χ4n) is 4.60. The predicted molar refractivity (Wildman–Crippen MR) is 125 cm³/mol. The molecule has 5 aromatic heterocycles. The summed E-state index contributed by atoms with van der Waals surface area (Å²) in [5.41, 5.74) is 6.21. The molecule has 11 nitrogen and oxygen atoms in total. The molecule has 6 heterocycles. The van der Waals surface area contributed by atoms with E-state index >= 15 is 0 Å². The molecule has 0 bridgehead atoms. The van der Waals surface area contributed by atoms with Crippen molar-refractivity contribution in [3.8, 4) is 11.6 Å². The molecule has 0 saturated heterocycles. The van der Waals surface area contributed by atoms with Gasteiger partial charge in [0.2, 0.25) is 0 Å². The van der Waals surface area contributed by atoms with Crippen molar-refractivity contribution in [1.82, 2.24) is 43.8 Å². The molecule has 1 aliphatic rings. The van der Waals surface area contributed by atoms with Crippen LogP contribution in [0, 0.1) is 13.8 Å². The van der Waals surface area contributed by atoms with Gasteiger partial charge in [-0.25, -0.2) is 9.50 Å². The highest BCUT2D eigenvalue weighted by Crippen LogP contribution is 2.36. The van der Waals surface area contributed by atoms with Crippen LogP contribution < -0.4 is 0 Å². The second-order valence-corrected chi connectivity index (χ2v) is 8.99. The zero-order chi connectivity index (χ0) is 23.6. The zero-order valence-corrected chi connectivity index (χ0v) is 20.0. The Bertz CT molecular complexity index is 1540. The highest BCUT2D eigenvalue weighted by molar-refractivity contribution is 7.14. The summed E-state index contributed by atoms with van der Waals surface area (Å²) in [6.45, 7) is 4.40. The summed E-state index contributed by atoms with van der Waals surface area (Å²) in [5, 5.41) is 17.2. The minimum absolute atomic E-state index is 0.0747. The van der Waals surface area contributed by atoms with Gasteiger partial charge in [0.15, 0.2) is 0 Å². The van der Waals surface area contributed by atoms with Crippen molar-refractivity contribution in [3.63, 3.8) is 0 Å². The average Bonchev–Trinajstić information content (AvgIpc) is 3.60. The van der Waals surface area contributed by atoms with E-state index in [9.17, 15) is 4.79 Å². The Labute approximate surface area is 196 Å². The normalized spacial score (nSPS) is 15.8. The third-order valence-corrected chi connectivity index (χ3v) is 6.74. The topological polar surface area (TPSA) is 112 Å². The highest BCUT2D eigenvalue weighted by Gasteiger charge is 2.39. The number of fused-ring (bicyclic) bond motifs is 2. The molecule has 1 unspecified atom stereocenters. The Balaban J connectivity index is 1.43. The molecule has 34 heavy (non-hydrogen) atoms. The van der Waals surface area contributed by atoms with Crippen LogP contribution in [0.1, 0.15) is 44.9 Å². The van der Waals surface area contributed by atoms with Gasteiger partial charge in [-0.1, -0.05) is 6.07 Å². The lowest BCUT2D eigenvalue weighted by molar-refractivity contribution is 0.0646. The monoisotopic (exact) mass is 475 g/mol. The molecule has 6 rings (SSSR count). The Morgan fingerprint density at radius 1 is 1.24 bits per heavy atom. The maximum Gasteiger partial charge on any atom is 0.312 e. The molecule has 0 aliphatic carbocycles. The Hall–Kier alpha value is -3.85. The van der Waals surface area contributed by atoms with Crippen LogP contribution in [0.3, 0.4) is 0 Å². The Morgan fingerprint density at radius 2 is 2.09 bits per heavy atom. The maximum absolute atomic E-state index is 13.7. The number of imidazole rings is 1. The van der Waals surface area contributed by atoms with Gasteiger partial charge in [0, 0.05) is 31.9 Å². The minimum atomic E-state index is -0.480. The van der Waals surface area contributed by atoms with E-state index in [1.165, 1.54) is 0 Å². The molecule has 0 fully saturated rings. The van der Waals surface area contributed by atoms with E-state index in [0.717, 1.165) is 33.7 Å². The first-order valence-electron chi connectivity index (χ1n) is 10.8. The lowest BCUT2D eigenvalue weighted by Gasteiger charge is -2.33. The summed E-state index contributed by atoms with van der Waals surface area (Å²) >= 11 is 0. The number of hydrogen-bond donors (Lipinski definition) is 0. The van der Waals surface area contributed by atoms with E-state index in [1.807, 2.05) is 47.1 Å². The quantitative estimate of drug-likeness (QED) is 0.368. The van der Waals surface area contributed by atoms with Gasteiger partial charge >= 0.3 is 11.8 Å². The van der Waals surface area contributed by atoms with Crippen molar-refractivity contribution in [2.24, 2.45) is 7.05 Å². The van der Waals surface area contributed by atoms with E-state index in [0.29, 0.717) is 18.7 Å². The summed E-state index contributed by atoms with van der Waals surface area (Å²) in [4.78, 5) is 20.0. The van der Waals surface area contributed by atoms with Crippen LogP contribution in [-0.4, -0.2) is 56.3 Å². The standard InChI is InChI=1S/C22H22N9O2P/c1-12-5-4-7-30-16(12)9-14(27-30)19-17-15(31(34)11-23-17)6-8-29(19)22(32)21-26-25-20(33-21)18-13(2)10-24-28(18)3/h4-5,7,9-11,19H,6,8,34H2,1-3H3/t19-/m1/s1. The molecule has 12 heteroatoms. The smallest absolute Gasteiger partial charge is 0.312 e. The minimum Gasteiger partial charge on any atom is -0.411 e. The number of carbonyl (C=O) groups is 1. The van der Waals surface area contributed by atoms with E-state index in [4.69, 9.17) is 9.52 Å². The first-order valence-corrected chi connectivity index (χ1v) is 11.3. The number of hydrogen-bond acceptors (Lipinski definition) is 7. The fourth-order valence-corrected chi connectivity index (χ4v) is 4.93. The van der Waals surface area contributed by atoms with Crippen molar-refractivity contribution in [2.75, 3.05) is 6.54 Å². The third-order valence-electron chi connectivity index (χ3n) is 6.29. The van der Waals surface area contributed by atoms with Crippen LogP contribution >= 0.6 is 9.39 Å². The van der Waals surface area contributed by atoms with Crippen LogP contribution in [0.5, 0.6) is 0 Å². The number of nitrogens with zero attached hydrogens (tertiary/aromatic N) is 9. The van der Waals surface area contributed by atoms with Crippen molar-refractivity contribution in [3.05, 3.63) is 71.0 Å². The molecule has 0 N–H and O–H groups in total. The number of amides is 1. The predicted octanol–water partition coefficient (Wildman–Crippen LogP) is 2.36. The van der Waals surface area contributed by atoms with E-state index in [1.54, 1.807) is 29.2 Å². The van der Waals surface area contributed by atoms with E-state index < -0.39 is 6.04 Å². The average molecular weight is 475 g/mol. The molecule has 5 aromatic rings. The molecular formula is C22H22N9O2P. The maximum atomic E-state index is 13.7. The molecule has 1 aliphatic heterocycles. The van der Waals surface area contributed by atoms with Crippen LogP contribution in [0.4, 0.5) is 0 Å². The van der Waals surface area contributed by atoms with Gasteiger partial charge in [-0.2, -0.15) is 10.2 Å². The first kappa shape index (κ1) is 20.7. The Kier molecular flexibility index (Phi) is 4.63. The number of pyridine rings is 1. The third kappa shape index (κ3) is 3.07. The fraction of sp³-hybridized carbons (Fsp3) is 0.273. The largest absolute Gasteiger partial charge is 0.411 e. The molecule has 0 radical (unpaired) electrons. The van der Waals surface area contributed by atoms with Crippen molar-refractivity contribution in [1.29, 1.82) is 0 Å².